The van der Waals surface area contributed by atoms with Crippen LogP contribution in [0.15, 0.2) is 77.6 Å². The number of likely N-dealkylation sites (tertiary alicyclic amines) is 1. The van der Waals surface area contributed by atoms with Crippen molar-refractivity contribution in [3.63, 3.8) is 0 Å². The van der Waals surface area contributed by atoms with Crippen molar-refractivity contribution >= 4 is 5.69 Å². The number of halogens is 2. The largest absolute Gasteiger partial charge is 0.342 e. The van der Waals surface area contributed by atoms with Gasteiger partial charge in [-0.15, -0.1) is 0 Å². The molecule has 0 N–H and O–H groups in total. The molecule has 1 saturated heterocycles. The Kier molecular flexibility index (Phi) is 6.75. The van der Waals surface area contributed by atoms with E-state index in [9.17, 15) is 9.65 Å². The minimum absolute atomic E-state index is 0.0842. The Hall–Kier alpha value is -4.40. The van der Waals surface area contributed by atoms with Gasteiger partial charge in [0.15, 0.2) is 5.69 Å². The summed E-state index contributed by atoms with van der Waals surface area (Å²) in [5.74, 6) is -0.898. The molecule has 1 aliphatic rings. The summed E-state index contributed by atoms with van der Waals surface area (Å²) in [6.07, 6.45) is 1.17. The highest BCUT2D eigenvalue weighted by Gasteiger charge is 2.45. The number of alkyl halides is 1. The first-order valence-corrected chi connectivity index (χ1v) is 12.2. The van der Waals surface area contributed by atoms with E-state index in [4.69, 9.17) is 11.1 Å². The first kappa shape index (κ1) is 25.3. The standard InChI is InChI=1S/C30H25F2N5O/c1-30(2,32)27(22-12-23(14-25(31)13-22)29-35-18-38-36-29)24-16-37(17-24)28(20-7-9-26(34-3)10-8-20)21-6-4-5-19(11-21)15-33/h4-14,18,24,27-28H,16-17H2,1-2H3/t27-,28?/m1/s1. The Morgan fingerprint density at radius 1 is 1.08 bits per heavy atom. The molecule has 4 aromatic rings. The Morgan fingerprint density at radius 2 is 1.84 bits per heavy atom. The lowest BCUT2D eigenvalue weighted by Gasteiger charge is -2.50. The van der Waals surface area contributed by atoms with E-state index in [0.717, 1.165) is 11.1 Å². The van der Waals surface area contributed by atoms with Gasteiger partial charge in [-0.3, -0.25) is 4.90 Å². The van der Waals surface area contributed by atoms with Crippen molar-refractivity contribution in [2.45, 2.75) is 31.5 Å². The first-order chi connectivity index (χ1) is 18.3. The highest BCUT2D eigenvalue weighted by molar-refractivity contribution is 5.56. The average molecular weight is 510 g/mol. The number of rotatable bonds is 7. The van der Waals surface area contributed by atoms with Crippen LogP contribution in [0, 0.1) is 29.6 Å². The van der Waals surface area contributed by atoms with Crippen LogP contribution in [0.4, 0.5) is 14.5 Å². The molecule has 1 fully saturated rings. The molecular weight excluding hydrogens is 484 g/mol. The molecular formula is C30H25F2N5O. The third kappa shape index (κ3) is 5.04. The van der Waals surface area contributed by atoms with Gasteiger partial charge in [-0.25, -0.2) is 13.6 Å². The average Bonchev–Trinajstić information content (AvgIpc) is 3.42. The number of hydrogen-bond donors (Lipinski definition) is 0. The van der Waals surface area contributed by atoms with E-state index in [2.05, 4.69) is 26.0 Å². The van der Waals surface area contributed by atoms with Gasteiger partial charge in [0.25, 0.3) is 0 Å². The van der Waals surface area contributed by atoms with E-state index >= 15 is 4.39 Å². The molecule has 190 valence electrons. The zero-order chi connectivity index (χ0) is 26.9. The molecule has 3 aromatic carbocycles. The van der Waals surface area contributed by atoms with Crippen LogP contribution in [0.25, 0.3) is 16.2 Å². The summed E-state index contributed by atoms with van der Waals surface area (Å²) in [4.78, 5) is 9.72. The summed E-state index contributed by atoms with van der Waals surface area (Å²) in [5.41, 5.74) is 2.39. The third-order valence-corrected chi connectivity index (χ3v) is 7.08. The zero-order valence-electron chi connectivity index (χ0n) is 21.0. The molecule has 1 unspecified atom stereocenters. The van der Waals surface area contributed by atoms with Crippen molar-refractivity contribution in [2.75, 3.05) is 13.1 Å². The summed E-state index contributed by atoms with van der Waals surface area (Å²) < 4.78 is 35.2. The highest BCUT2D eigenvalue weighted by Crippen LogP contribution is 2.46. The number of aromatic nitrogens is 2. The maximum Gasteiger partial charge on any atom is 0.214 e. The fourth-order valence-electron chi connectivity index (χ4n) is 5.54. The molecule has 0 spiro atoms. The third-order valence-electron chi connectivity index (χ3n) is 7.08. The molecule has 0 bridgehead atoms. The predicted molar refractivity (Wildman–Crippen MR) is 138 cm³/mol. The molecule has 0 radical (unpaired) electrons. The molecule has 1 aromatic heterocycles. The number of benzene rings is 3. The van der Waals surface area contributed by atoms with Gasteiger partial charge < -0.3 is 4.52 Å². The molecule has 0 aliphatic carbocycles. The quantitative estimate of drug-likeness (QED) is 0.255. The second-order valence-corrected chi connectivity index (χ2v) is 10.1. The van der Waals surface area contributed by atoms with Crippen LogP contribution < -0.4 is 0 Å². The van der Waals surface area contributed by atoms with Crippen molar-refractivity contribution in [3.8, 4) is 17.5 Å². The van der Waals surface area contributed by atoms with E-state index in [1.807, 2.05) is 30.3 Å². The van der Waals surface area contributed by atoms with Crippen molar-refractivity contribution in [2.24, 2.45) is 5.92 Å². The molecule has 5 rings (SSSR count). The van der Waals surface area contributed by atoms with Crippen molar-refractivity contribution in [1.29, 1.82) is 5.26 Å². The lowest BCUT2D eigenvalue weighted by molar-refractivity contribution is 0.00814. The maximum atomic E-state index is 15.7. The molecule has 2 heterocycles. The topological polar surface area (TPSA) is 70.3 Å². The predicted octanol–water partition coefficient (Wildman–Crippen LogP) is 6.85. The van der Waals surface area contributed by atoms with Crippen LogP contribution >= 0.6 is 0 Å². The van der Waals surface area contributed by atoms with Gasteiger partial charge >= 0.3 is 0 Å². The molecule has 8 heteroatoms. The monoisotopic (exact) mass is 509 g/mol. The summed E-state index contributed by atoms with van der Waals surface area (Å²) in [7, 11) is 0. The lowest BCUT2D eigenvalue weighted by atomic mass is 9.72. The second-order valence-electron chi connectivity index (χ2n) is 10.1. The van der Waals surface area contributed by atoms with Crippen LogP contribution in [0.5, 0.6) is 0 Å². The van der Waals surface area contributed by atoms with Crippen LogP contribution in [-0.4, -0.2) is 33.8 Å². The van der Waals surface area contributed by atoms with Gasteiger partial charge in [0.1, 0.15) is 11.5 Å². The summed E-state index contributed by atoms with van der Waals surface area (Å²) in [6, 6.07) is 21.3. The highest BCUT2D eigenvalue weighted by atomic mass is 19.1. The van der Waals surface area contributed by atoms with Crippen LogP contribution in [0.3, 0.4) is 0 Å². The SMILES string of the molecule is [C-]#[N+]c1ccc(C(c2cccc(C#N)c2)N2CC([C@@H](c3cc(F)cc(-c4ncon4)c3)C(C)(C)F)C2)cc1. The van der Waals surface area contributed by atoms with Crippen molar-refractivity contribution < 1.29 is 13.3 Å². The van der Waals surface area contributed by atoms with E-state index in [-0.39, 0.29) is 17.8 Å². The Morgan fingerprint density at radius 3 is 2.47 bits per heavy atom. The number of nitrogens with zero attached hydrogens (tertiary/aromatic N) is 5. The molecule has 6 nitrogen and oxygen atoms in total. The number of nitriles is 1. The summed E-state index contributed by atoms with van der Waals surface area (Å²) >= 11 is 0. The molecule has 38 heavy (non-hydrogen) atoms. The van der Waals surface area contributed by atoms with E-state index < -0.39 is 17.4 Å². The Bertz CT molecular complexity index is 1510. The fraction of sp³-hybridized carbons (Fsp3) is 0.267. The minimum Gasteiger partial charge on any atom is -0.342 e. The van der Waals surface area contributed by atoms with Crippen LogP contribution in [0.2, 0.25) is 0 Å². The van der Waals surface area contributed by atoms with Gasteiger partial charge in [-0.05, 0) is 66.8 Å². The van der Waals surface area contributed by atoms with Gasteiger partial charge in [0.2, 0.25) is 12.2 Å². The van der Waals surface area contributed by atoms with Crippen LogP contribution in [0.1, 0.15) is 48.1 Å². The lowest BCUT2D eigenvalue weighted by Crippen LogP contribution is -2.53. The van der Waals surface area contributed by atoms with Gasteiger partial charge in [-0.2, -0.15) is 10.2 Å². The van der Waals surface area contributed by atoms with Crippen LogP contribution in [-0.2, 0) is 0 Å². The smallest absolute Gasteiger partial charge is 0.214 e. The van der Waals surface area contributed by atoms with Crippen molar-refractivity contribution in [1.82, 2.24) is 15.0 Å². The zero-order valence-corrected chi connectivity index (χ0v) is 21.0. The van der Waals surface area contributed by atoms with Crippen molar-refractivity contribution in [3.05, 3.63) is 113 Å². The second kappa shape index (κ2) is 10.2. The van der Waals surface area contributed by atoms with Gasteiger partial charge in [-0.1, -0.05) is 41.6 Å². The molecule has 1 aliphatic heterocycles. The molecule has 0 amide bonds. The van der Waals surface area contributed by atoms with E-state index in [1.165, 1.54) is 32.4 Å². The summed E-state index contributed by atoms with van der Waals surface area (Å²) in [5, 5.41) is 13.3. The molecule has 0 saturated carbocycles. The first-order valence-electron chi connectivity index (χ1n) is 12.2. The van der Waals surface area contributed by atoms with Gasteiger partial charge in [0, 0.05) is 24.6 Å². The van der Waals surface area contributed by atoms with E-state index in [0.29, 0.717) is 35.5 Å². The van der Waals surface area contributed by atoms with Gasteiger partial charge in [0.05, 0.1) is 24.2 Å². The fourth-order valence-corrected chi connectivity index (χ4v) is 5.54. The summed E-state index contributed by atoms with van der Waals surface area (Å²) in [6.45, 7) is 11.4. The Balaban J connectivity index is 1.47. The maximum absolute atomic E-state index is 15.7. The number of hydrogen-bond acceptors (Lipinski definition) is 5. The minimum atomic E-state index is -1.62. The Labute approximate surface area is 220 Å². The normalized spacial score (nSPS) is 15.7. The molecule has 2 atom stereocenters. The van der Waals surface area contributed by atoms with E-state index in [1.54, 1.807) is 24.3 Å².